The largest absolute Gasteiger partial charge is 0.497 e. The van der Waals surface area contributed by atoms with Crippen molar-refractivity contribution in [2.45, 2.75) is 56.2 Å². The van der Waals surface area contributed by atoms with Gasteiger partial charge in [-0.25, -0.2) is 0 Å². The molecule has 1 fully saturated rings. The SMILES string of the molecule is COc1ccc2c(c1)[C@](O)([C@@H](C)/C=C/CCO)C(=O)N2Cc1ccc(NC(=O)[C@H]2O[C@@H](O)[C@H](O)[C@@H](O)[C@@H]2O)cc1. The van der Waals surface area contributed by atoms with E-state index in [-0.39, 0.29) is 13.2 Å². The molecule has 0 bridgehead atoms. The molecule has 1 saturated heterocycles. The summed E-state index contributed by atoms with van der Waals surface area (Å²) in [6, 6.07) is 11.5. The molecule has 0 spiro atoms. The van der Waals surface area contributed by atoms with Crippen LogP contribution in [0, 0.1) is 5.92 Å². The highest BCUT2D eigenvalue weighted by atomic mass is 16.6. The van der Waals surface area contributed by atoms with Gasteiger partial charge in [0.05, 0.1) is 19.3 Å². The zero-order valence-electron chi connectivity index (χ0n) is 22.0. The second-order valence-electron chi connectivity index (χ2n) is 9.88. The maximum atomic E-state index is 13.7. The summed E-state index contributed by atoms with van der Waals surface area (Å²) in [6.45, 7) is 1.79. The number of anilines is 2. The smallest absolute Gasteiger partial charge is 0.264 e. The van der Waals surface area contributed by atoms with Crippen LogP contribution in [0.25, 0.3) is 0 Å². The lowest BCUT2D eigenvalue weighted by molar-refractivity contribution is -0.274. The van der Waals surface area contributed by atoms with E-state index in [4.69, 9.17) is 14.6 Å². The number of nitrogens with one attached hydrogen (secondary N) is 1. The van der Waals surface area contributed by atoms with Gasteiger partial charge in [-0.3, -0.25) is 9.59 Å². The average molecular weight is 559 g/mol. The van der Waals surface area contributed by atoms with Crippen molar-refractivity contribution >= 4 is 23.2 Å². The van der Waals surface area contributed by atoms with Crippen LogP contribution < -0.4 is 15.0 Å². The zero-order valence-corrected chi connectivity index (χ0v) is 22.0. The fraction of sp³-hybridized carbons (Fsp3) is 0.429. The van der Waals surface area contributed by atoms with Gasteiger partial charge >= 0.3 is 0 Å². The molecule has 0 aliphatic carbocycles. The minimum Gasteiger partial charge on any atom is -0.497 e. The van der Waals surface area contributed by atoms with Crippen molar-refractivity contribution in [3.8, 4) is 5.75 Å². The summed E-state index contributed by atoms with van der Waals surface area (Å²) < 4.78 is 10.3. The van der Waals surface area contributed by atoms with E-state index in [1.54, 1.807) is 61.5 Å². The Hall–Kier alpha value is -3.36. The highest BCUT2D eigenvalue weighted by molar-refractivity contribution is 6.07. The first-order valence-electron chi connectivity index (χ1n) is 12.8. The van der Waals surface area contributed by atoms with E-state index >= 15 is 0 Å². The average Bonchev–Trinajstić information content (AvgIpc) is 3.16. The molecule has 7 N–H and O–H groups in total. The Morgan fingerprint density at radius 1 is 1.12 bits per heavy atom. The van der Waals surface area contributed by atoms with Gasteiger partial charge < -0.3 is 50.3 Å². The van der Waals surface area contributed by atoms with Crippen LogP contribution in [0.3, 0.4) is 0 Å². The highest BCUT2D eigenvalue weighted by Crippen LogP contribution is 2.47. The summed E-state index contributed by atoms with van der Waals surface area (Å²) in [5.41, 5.74) is 0.0755. The second kappa shape index (κ2) is 12.0. The zero-order chi connectivity index (χ0) is 29.2. The van der Waals surface area contributed by atoms with Crippen LogP contribution >= 0.6 is 0 Å². The van der Waals surface area contributed by atoms with Gasteiger partial charge in [-0.2, -0.15) is 0 Å². The van der Waals surface area contributed by atoms with E-state index < -0.39 is 54.0 Å². The molecule has 0 radical (unpaired) electrons. The number of methoxy groups -OCH3 is 1. The molecular formula is C28H34N2O10. The number of amides is 2. The number of carbonyl (C=O) groups excluding carboxylic acids is 2. The number of carbonyl (C=O) groups is 2. The van der Waals surface area contributed by atoms with Crippen LogP contribution in [0.15, 0.2) is 54.6 Å². The van der Waals surface area contributed by atoms with Gasteiger partial charge in [-0.15, -0.1) is 0 Å². The van der Waals surface area contributed by atoms with Crippen molar-refractivity contribution in [2.24, 2.45) is 5.92 Å². The van der Waals surface area contributed by atoms with Crippen LogP contribution in [0.5, 0.6) is 5.75 Å². The minimum absolute atomic E-state index is 0.0517. The lowest BCUT2D eigenvalue weighted by Crippen LogP contribution is -2.60. The van der Waals surface area contributed by atoms with E-state index in [2.05, 4.69) is 5.32 Å². The summed E-state index contributed by atoms with van der Waals surface area (Å²) in [6.07, 6.45) is -4.93. The molecule has 2 aliphatic heterocycles. The van der Waals surface area contributed by atoms with Crippen molar-refractivity contribution in [2.75, 3.05) is 23.9 Å². The number of hydrogen-bond acceptors (Lipinski definition) is 10. The van der Waals surface area contributed by atoms with E-state index in [1.165, 1.54) is 12.0 Å². The van der Waals surface area contributed by atoms with Crippen LogP contribution in [0.2, 0.25) is 0 Å². The van der Waals surface area contributed by atoms with Gasteiger partial charge in [-0.1, -0.05) is 31.2 Å². The lowest BCUT2D eigenvalue weighted by atomic mass is 9.83. The van der Waals surface area contributed by atoms with Gasteiger partial charge in [0.1, 0.15) is 24.1 Å². The van der Waals surface area contributed by atoms with Gasteiger partial charge in [0.2, 0.25) is 0 Å². The predicted octanol–water partition coefficient (Wildman–Crippen LogP) is -0.257. The molecule has 2 aromatic rings. The number of ether oxygens (including phenoxy) is 2. The Morgan fingerprint density at radius 3 is 2.48 bits per heavy atom. The molecule has 12 nitrogen and oxygen atoms in total. The number of rotatable bonds is 9. The molecule has 0 aromatic heterocycles. The molecule has 2 amide bonds. The number of hydrogen-bond donors (Lipinski definition) is 7. The van der Waals surface area contributed by atoms with Crippen LogP contribution in [-0.4, -0.2) is 86.9 Å². The lowest BCUT2D eigenvalue weighted by Gasteiger charge is -2.37. The van der Waals surface area contributed by atoms with Crippen LogP contribution in [0.4, 0.5) is 11.4 Å². The third-order valence-corrected chi connectivity index (χ3v) is 7.26. The second-order valence-corrected chi connectivity index (χ2v) is 9.88. The maximum Gasteiger partial charge on any atom is 0.264 e. The first-order valence-corrected chi connectivity index (χ1v) is 12.8. The third kappa shape index (κ3) is 5.47. The first-order chi connectivity index (χ1) is 19.0. The number of nitrogens with zero attached hydrogens (tertiary/aromatic N) is 1. The van der Waals surface area contributed by atoms with Crippen LogP contribution in [-0.2, 0) is 26.5 Å². The molecule has 2 heterocycles. The monoisotopic (exact) mass is 558 g/mol. The van der Waals surface area contributed by atoms with Gasteiger partial charge in [0.15, 0.2) is 18.0 Å². The topological polar surface area (TPSA) is 189 Å². The fourth-order valence-corrected chi connectivity index (χ4v) is 4.89. The minimum atomic E-state index is -1.85. The molecule has 4 rings (SSSR count). The summed E-state index contributed by atoms with van der Waals surface area (Å²) >= 11 is 0. The third-order valence-electron chi connectivity index (χ3n) is 7.26. The number of aliphatic hydroxyl groups excluding tert-OH is 5. The molecule has 7 atom stereocenters. The van der Waals surface area contributed by atoms with Gasteiger partial charge in [0, 0.05) is 23.8 Å². The number of fused-ring (bicyclic) bond motifs is 1. The van der Waals surface area contributed by atoms with Crippen molar-refractivity contribution in [1.29, 1.82) is 0 Å². The Kier molecular flexibility index (Phi) is 8.90. The van der Waals surface area contributed by atoms with E-state index in [0.717, 1.165) is 0 Å². The van der Waals surface area contributed by atoms with E-state index in [9.17, 15) is 35.1 Å². The molecule has 2 aliphatic rings. The summed E-state index contributed by atoms with van der Waals surface area (Å²) in [5.74, 6) is -1.47. The molecule has 0 saturated carbocycles. The fourth-order valence-electron chi connectivity index (χ4n) is 4.89. The number of aliphatic hydroxyl groups is 6. The molecule has 2 aromatic carbocycles. The summed E-state index contributed by atoms with van der Waals surface area (Å²) in [5, 5.41) is 62.5. The summed E-state index contributed by atoms with van der Waals surface area (Å²) in [7, 11) is 1.49. The maximum absolute atomic E-state index is 13.7. The Balaban J connectivity index is 1.52. The highest BCUT2D eigenvalue weighted by Gasteiger charge is 2.52. The van der Waals surface area contributed by atoms with Crippen molar-refractivity contribution in [3.05, 3.63) is 65.7 Å². The van der Waals surface area contributed by atoms with Crippen LogP contribution in [0.1, 0.15) is 24.5 Å². The van der Waals surface area contributed by atoms with Crippen molar-refractivity contribution in [3.63, 3.8) is 0 Å². The quantitative estimate of drug-likeness (QED) is 0.202. The molecule has 0 unspecified atom stereocenters. The van der Waals surface area contributed by atoms with Crippen molar-refractivity contribution in [1.82, 2.24) is 0 Å². The predicted molar refractivity (Wildman–Crippen MR) is 142 cm³/mol. The summed E-state index contributed by atoms with van der Waals surface area (Å²) in [4.78, 5) is 27.7. The standard InChI is InChI=1S/C28H34N2O10/c1-15(5-3-4-12-31)28(38)19-13-18(39-2)10-11-20(19)30(27(28)37)14-16-6-8-17(9-7-16)29-25(35)24-22(33)21(32)23(34)26(36)40-24/h3,5-11,13,15,21-24,26,31-34,36,38H,4,12,14H2,1-2H3,(H,29,35)/b5-3+/t15-,21-,22-,23+,24-,26+,28+/m0/s1. The van der Waals surface area contributed by atoms with Crippen molar-refractivity contribution < 1.29 is 49.7 Å². The number of benzene rings is 2. The molecule has 216 valence electrons. The Bertz CT molecular complexity index is 1250. The molecule has 40 heavy (non-hydrogen) atoms. The normalized spacial score (nSPS) is 28.9. The van der Waals surface area contributed by atoms with E-state index in [0.29, 0.717) is 34.7 Å². The van der Waals surface area contributed by atoms with Gasteiger partial charge in [-0.05, 0) is 42.3 Å². The molecule has 12 heteroatoms. The van der Waals surface area contributed by atoms with E-state index in [1.807, 2.05) is 0 Å². The molecular weight excluding hydrogens is 524 g/mol. The Labute approximate surface area is 230 Å². The van der Waals surface area contributed by atoms with Gasteiger partial charge in [0.25, 0.3) is 11.8 Å². The Morgan fingerprint density at radius 2 is 1.82 bits per heavy atom. The first kappa shape index (κ1) is 29.6.